The molecule has 2 aliphatic rings. The van der Waals surface area contributed by atoms with E-state index in [0.717, 1.165) is 0 Å². The van der Waals surface area contributed by atoms with E-state index in [4.69, 9.17) is 9.47 Å². The first kappa shape index (κ1) is 14.1. The molecule has 2 aliphatic heterocycles. The minimum absolute atomic E-state index is 0.0322. The van der Waals surface area contributed by atoms with Gasteiger partial charge in [0, 0.05) is 32.7 Å². The largest absolute Gasteiger partial charge is 0.376 e. The summed E-state index contributed by atoms with van der Waals surface area (Å²) in [5.74, 6) is -0.0322. The Morgan fingerprint density at radius 2 is 1.84 bits per heavy atom. The smallest absolute Gasteiger partial charge is 0.317 e. The lowest BCUT2D eigenvalue weighted by atomic mass is 10.2. The van der Waals surface area contributed by atoms with Crippen molar-refractivity contribution in [2.24, 2.45) is 0 Å². The van der Waals surface area contributed by atoms with E-state index in [9.17, 15) is 9.59 Å². The van der Waals surface area contributed by atoms with E-state index >= 15 is 0 Å². The van der Waals surface area contributed by atoms with Gasteiger partial charge in [-0.2, -0.15) is 0 Å². The summed E-state index contributed by atoms with van der Waals surface area (Å²) in [6.07, 6.45) is -0.482. The Morgan fingerprint density at radius 1 is 1.16 bits per heavy atom. The second kappa shape index (κ2) is 6.72. The van der Waals surface area contributed by atoms with Crippen molar-refractivity contribution < 1.29 is 19.1 Å². The zero-order chi connectivity index (χ0) is 13.7. The number of nitrogens with zero attached hydrogens (tertiary/aromatic N) is 2. The highest BCUT2D eigenvalue weighted by Gasteiger charge is 2.30. The molecule has 108 valence electrons. The number of carbonyl (C=O) groups is 2. The summed E-state index contributed by atoms with van der Waals surface area (Å²) >= 11 is 0. The van der Waals surface area contributed by atoms with Crippen LogP contribution in [0, 0.1) is 0 Å². The molecule has 2 saturated heterocycles. The van der Waals surface area contributed by atoms with Crippen molar-refractivity contribution in [3.05, 3.63) is 0 Å². The number of rotatable bonds is 2. The van der Waals surface area contributed by atoms with Gasteiger partial charge in [-0.05, 0) is 6.92 Å². The summed E-state index contributed by atoms with van der Waals surface area (Å²) in [4.78, 5) is 27.3. The Kier molecular flexibility index (Phi) is 4.98. The topological polar surface area (TPSA) is 71.1 Å². The number of amides is 3. The van der Waals surface area contributed by atoms with Crippen molar-refractivity contribution in [2.45, 2.75) is 13.0 Å². The monoisotopic (exact) mass is 271 g/mol. The van der Waals surface area contributed by atoms with Crippen LogP contribution in [0.5, 0.6) is 0 Å². The fraction of sp³-hybridized carbons (Fsp3) is 0.833. The third-order valence-electron chi connectivity index (χ3n) is 3.30. The van der Waals surface area contributed by atoms with E-state index in [2.05, 4.69) is 5.32 Å². The van der Waals surface area contributed by atoms with Crippen LogP contribution in [0.15, 0.2) is 0 Å². The maximum absolute atomic E-state index is 12.2. The maximum Gasteiger partial charge on any atom is 0.317 e. The fourth-order valence-corrected chi connectivity index (χ4v) is 2.23. The van der Waals surface area contributed by atoms with Crippen molar-refractivity contribution >= 4 is 11.9 Å². The van der Waals surface area contributed by atoms with Gasteiger partial charge in [0.05, 0.1) is 19.8 Å². The minimum atomic E-state index is -0.482. The number of urea groups is 1. The van der Waals surface area contributed by atoms with E-state index < -0.39 is 6.10 Å². The summed E-state index contributed by atoms with van der Waals surface area (Å²) < 4.78 is 10.6. The lowest BCUT2D eigenvalue weighted by molar-refractivity contribution is -0.159. The Labute approximate surface area is 112 Å². The first-order valence-electron chi connectivity index (χ1n) is 6.73. The highest BCUT2D eigenvalue weighted by Crippen LogP contribution is 2.09. The molecule has 0 radical (unpaired) electrons. The van der Waals surface area contributed by atoms with E-state index in [1.807, 2.05) is 6.92 Å². The molecule has 0 spiro atoms. The molecule has 3 amide bonds. The number of ether oxygens (including phenoxy) is 2. The first-order valence-corrected chi connectivity index (χ1v) is 6.73. The molecule has 0 aromatic heterocycles. The van der Waals surface area contributed by atoms with Crippen molar-refractivity contribution in [3.63, 3.8) is 0 Å². The van der Waals surface area contributed by atoms with Crippen LogP contribution in [-0.2, 0) is 14.3 Å². The van der Waals surface area contributed by atoms with E-state index in [0.29, 0.717) is 52.5 Å². The van der Waals surface area contributed by atoms with Crippen LogP contribution in [-0.4, -0.2) is 80.4 Å². The van der Waals surface area contributed by atoms with Crippen LogP contribution >= 0.6 is 0 Å². The summed E-state index contributed by atoms with van der Waals surface area (Å²) in [7, 11) is 0. The van der Waals surface area contributed by atoms with E-state index in [1.54, 1.807) is 9.80 Å². The van der Waals surface area contributed by atoms with Crippen LogP contribution < -0.4 is 5.32 Å². The fourth-order valence-electron chi connectivity index (χ4n) is 2.23. The molecule has 19 heavy (non-hydrogen) atoms. The van der Waals surface area contributed by atoms with E-state index in [-0.39, 0.29) is 11.9 Å². The van der Waals surface area contributed by atoms with Gasteiger partial charge in [-0.1, -0.05) is 0 Å². The van der Waals surface area contributed by atoms with Gasteiger partial charge in [0.25, 0.3) is 5.91 Å². The van der Waals surface area contributed by atoms with Gasteiger partial charge in [-0.3, -0.25) is 4.79 Å². The highest BCUT2D eigenvalue weighted by atomic mass is 16.6. The molecule has 1 N–H and O–H groups in total. The Balaban J connectivity index is 1.79. The molecule has 2 heterocycles. The Hall–Kier alpha value is -1.34. The molecule has 0 saturated carbocycles. The third-order valence-corrected chi connectivity index (χ3v) is 3.30. The Bertz CT molecular complexity index is 323. The number of carbonyl (C=O) groups excluding carboxylic acids is 2. The second-order valence-corrected chi connectivity index (χ2v) is 4.58. The van der Waals surface area contributed by atoms with Gasteiger partial charge in [-0.25, -0.2) is 4.79 Å². The van der Waals surface area contributed by atoms with Gasteiger partial charge < -0.3 is 24.6 Å². The molecule has 0 bridgehead atoms. The molecule has 7 nitrogen and oxygen atoms in total. The average molecular weight is 271 g/mol. The van der Waals surface area contributed by atoms with Crippen LogP contribution in [0.4, 0.5) is 4.79 Å². The van der Waals surface area contributed by atoms with Crippen molar-refractivity contribution in [3.8, 4) is 0 Å². The van der Waals surface area contributed by atoms with Gasteiger partial charge in [0.15, 0.2) is 6.10 Å². The molecule has 1 atom stereocenters. The quantitative estimate of drug-likeness (QED) is 0.719. The molecular weight excluding hydrogens is 250 g/mol. The zero-order valence-electron chi connectivity index (χ0n) is 11.3. The lowest BCUT2D eigenvalue weighted by Crippen LogP contribution is -2.56. The van der Waals surface area contributed by atoms with Crippen LogP contribution in [0.25, 0.3) is 0 Å². The van der Waals surface area contributed by atoms with E-state index in [1.165, 1.54) is 0 Å². The molecule has 0 aromatic rings. The van der Waals surface area contributed by atoms with Crippen LogP contribution in [0.2, 0.25) is 0 Å². The average Bonchev–Trinajstić information content (AvgIpc) is 2.48. The maximum atomic E-state index is 12.2. The molecule has 1 unspecified atom stereocenters. The molecule has 2 rings (SSSR count). The molecule has 0 aliphatic carbocycles. The summed E-state index contributed by atoms with van der Waals surface area (Å²) in [5.41, 5.74) is 0. The van der Waals surface area contributed by atoms with Crippen LogP contribution in [0.1, 0.15) is 6.92 Å². The summed E-state index contributed by atoms with van der Waals surface area (Å²) in [6.45, 7) is 6.07. The molecular formula is C12H21N3O4. The lowest BCUT2D eigenvalue weighted by Gasteiger charge is -2.36. The predicted molar refractivity (Wildman–Crippen MR) is 67.8 cm³/mol. The SMILES string of the molecule is CCNC(=O)N1CCN(C(=O)C2COCCO2)CC1. The number of hydrogen-bond donors (Lipinski definition) is 1. The predicted octanol–water partition coefficient (Wildman–Crippen LogP) is -0.724. The van der Waals surface area contributed by atoms with Gasteiger partial charge in [0.2, 0.25) is 0 Å². The molecule has 2 fully saturated rings. The molecule has 7 heteroatoms. The van der Waals surface area contributed by atoms with Crippen molar-refractivity contribution in [2.75, 3.05) is 52.5 Å². The van der Waals surface area contributed by atoms with Gasteiger partial charge in [-0.15, -0.1) is 0 Å². The number of hydrogen-bond acceptors (Lipinski definition) is 4. The summed E-state index contributed by atoms with van der Waals surface area (Å²) in [6, 6.07) is -0.0631. The first-order chi connectivity index (χ1) is 9.22. The third kappa shape index (κ3) is 3.57. The minimum Gasteiger partial charge on any atom is -0.376 e. The normalized spacial score (nSPS) is 24.2. The standard InChI is InChI=1S/C12H21N3O4/c1-2-13-12(17)15-5-3-14(4-6-15)11(16)10-9-18-7-8-19-10/h10H,2-9H2,1H3,(H,13,17). The van der Waals surface area contributed by atoms with Crippen molar-refractivity contribution in [1.29, 1.82) is 0 Å². The number of piperazine rings is 1. The van der Waals surface area contributed by atoms with Crippen molar-refractivity contribution in [1.82, 2.24) is 15.1 Å². The van der Waals surface area contributed by atoms with Gasteiger partial charge in [0.1, 0.15) is 0 Å². The highest BCUT2D eigenvalue weighted by molar-refractivity contribution is 5.81. The summed E-state index contributed by atoms with van der Waals surface area (Å²) in [5, 5.41) is 2.76. The zero-order valence-corrected chi connectivity index (χ0v) is 11.3. The number of nitrogens with one attached hydrogen (secondary N) is 1. The molecule has 0 aromatic carbocycles. The van der Waals surface area contributed by atoms with Gasteiger partial charge >= 0.3 is 6.03 Å². The Morgan fingerprint density at radius 3 is 2.42 bits per heavy atom. The second-order valence-electron chi connectivity index (χ2n) is 4.58. The van der Waals surface area contributed by atoms with Crippen LogP contribution in [0.3, 0.4) is 0 Å².